The van der Waals surface area contributed by atoms with Crippen LogP contribution in [-0.4, -0.2) is 29.2 Å². The summed E-state index contributed by atoms with van der Waals surface area (Å²) in [5.74, 6) is 0.103. The second kappa shape index (κ2) is 16.1. The van der Waals surface area contributed by atoms with Gasteiger partial charge in [-0.3, -0.25) is 4.79 Å². The van der Waals surface area contributed by atoms with Gasteiger partial charge in [0.15, 0.2) is 0 Å². The molecular weight excluding hydrogens is 518 g/mol. The molecule has 2 unspecified atom stereocenters. The van der Waals surface area contributed by atoms with Crippen LogP contribution in [0.15, 0.2) is 84.9 Å². The summed E-state index contributed by atoms with van der Waals surface area (Å²) in [6.45, 7) is 13.4. The first-order valence-corrected chi connectivity index (χ1v) is 15.3. The minimum absolute atomic E-state index is 0.0808. The van der Waals surface area contributed by atoms with Crippen molar-refractivity contribution in [3.8, 4) is 22.4 Å². The molecule has 1 aromatic heterocycles. The van der Waals surface area contributed by atoms with E-state index < -0.39 is 0 Å². The number of carbonyl (C=O) groups is 1. The second-order valence-corrected chi connectivity index (χ2v) is 11.1. The molecule has 0 saturated carbocycles. The maximum atomic E-state index is 13.7. The number of nitrogens with one attached hydrogen (secondary N) is 1. The Morgan fingerprint density at radius 2 is 1.52 bits per heavy atom. The fourth-order valence-corrected chi connectivity index (χ4v) is 5.50. The molecule has 4 aromatic rings. The lowest BCUT2D eigenvalue weighted by molar-refractivity contribution is 0.0708. The average molecular weight is 568 g/mol. The average Bonchev–Trinajstić information content (AvgIpc) is 3.18. The second-order valence-electron chi connectivity index (χ2n) is 11.1. The number of benzene rings is 3. The summed E-state index contributed by atoms with van der Waals surface area (Å²) in [7, 11) is 2.07. The van der Waals surface area contributed by atoms with Crippen LogP contribution in [0.25, 0.3) is 22.4 Å². The molecule has 224 valence electrons. The number of carbonyl (C=O) groups excluding carboxylic acids is 1. The predicted octanol–water partition coefficient (Wildman–Crippen LogP) is 8.97. The Labute approximate surface area is 253 Å². The third-order valence-electron chi connectivity index (χ3n) is 7.39. The lowest BCUT2D eigenvalue weighted by atomic mass is 9.94. The highest BCUT2D eigenvalue weighted by atomic mass is 16.5. The molecule has 2 heterocycles. The number of aryl methyl sites for hydroxylation is 1. The van der Waals surface area contributed by atoms with E-state index in [0.717, 1.165) is 65.2 Å². The molecule has 1 fully saturated rings. The molecule has 5 nitrogen and oxygen atoms in total. The molecule has 3 N–H and O–H groups in total. The van der Waals surface area contributed by atoms with E-state index in [4.69, 9.17) is 10.5 Å². The van der Waals surface area contributed by atoms with Crippen LogP contribution in [0, 0.1) is 6.92 Å². The van der Waals surface area contributed by atoms with Crippen molar-refractivity contribution in [3.05, 3.63) is 102 Å². The molecule has 2 atom stereocenters. The number of hydrogen-bond donors (Lipinski definition) is 2. The van der Waals surface area contributed by atoms with Crippen LogP contribution in [-0.2, 0) is 11.8 Å². The van der Waals surface area contributed by atoms with Crippen LogP contribution in [0.3, 0.4) is 0 Å². The van der Waals surface area contributed by atoms with Gasteiger partial charge in [0.05, 0.1) is 17.4 Å². The molecule has 0 spiro atoms. The largest absolute Gasteiger partial charge is 0.378 e. The maximum Gasteiger partial charge on any atom is 0.258 e. The van der Waals surface area contributed by atoms with Gasteiger partial charge in [-0.05, 0) is 62.3 Å². The predicted molar refractivity (Wildman–Crippen MR) is 178 cm³/mol. The number of aromatic nitrogens is 1. The number of nitrogens with two attached hydrogens (primary N) is 1. The van der Waals surface area contributed by atoms with E-state index >= 15 is 0 Å². The summed E-state index contributed by atoms with van der Waals surface area (Å²) in [6.07, 6.45) is 3.66. The maximum absolute atomic E-state index is 13.7. The van der Waals surface area contributed by atoms with Crippen LogP contribution < -0.4 is 11.1 Å². The quantitative estimate of drug-likeness (QED) is 0.253. The number of rotatable bonds is 5. The Hall–Kier alpha value is -3.67. The Morgan fingerprint density at radius 1 is 0.929 bits per heavy atom. The molecule has 1 saturated heterocycles. The molecule has 1 aliphatic heterocycles. The Balaban J connectivity index is 0.000000373. The zero-order chi connectivity index (χ0) is 30.6. The van der Waals surface area contributed by atoms with Crippen molar-refractivity contribution in [1.29, 1.82) is 0 Å². The summed E-state index contributed by atoms with van der Waals surface area (Å²) in [5, 5.41) is 3.11. The van der Waals surface area contributed by atoms with Crippen LogP contribution in [0.1, 0.15) is 81.4 Å². The van der Waals surface area contributed by atoms with Gasteiger partial charge >= 0.3 is 0 Å². The fraction of sp³-hybridized carbons (Fsp3) is 0.378. The molecule has 0 radical (unpaired) electrons. The van der Waals surface area contributed by atoms with Gasteiger partial charge in [0.2, 0.25) is 0 Å². The lowest BCUT2D eigenvalue weighted by Gasteiger charge is -2.13. The van der Waals surface area contributed by atoms with Crippen molar-refractivity contribution in [1.82, 2.24) is 4.57 Å². The molecule has 42 heavy (non-hydrogen) atoms. The highest BCUT2D eigenvalue weighted by Gasteiger charge is 2.29. The van der Waals surface area contributed by atoms with Crippen molar-refractivity contribution >= 4 is 11.6 Å². The van der Waals surface area contributed by atoms with E-state index in [-0.39, 0.29) is 11.8 Å². The van der Waals surface area contributed by atoms with Crippen molar-refractivity contribution in [3.63, 3.8) is 0 Å². The van der Waals surface area contributed by atoms with Gasteiger partial charge in [-0.15, -0.1) is 0 Å². The third kappa shape index (κ3) is 8.43. The van der Waals surface area contributed by atoms with Crippen molar-refractivity contribution in [2.24, 2.45) is 12.8 Å². The SMILES string of the molecule is CC.CC1CC(N)CCCO1.Cc1ccc(-c2c(-c3ccccc3)c(C(=O)Nc3ccccc3)c(C(C)C)n2C)cc1. The van der Waals surface area contributed by atoms with Crippen molar-refractivity contribution in [2.45, 2.75) is 78.9 Å². The highest BCUT2D eigenvalue weighted by molar-refractivity contribution is 6.12. The van der Waals surface area contributed by atoms with Crippen LogP contribution >= 0.6 is 0 Å². The van der Waals surface area contributed by atoms with Gasteiger partial charge in [-0.2, -0.15) is 0 Å². The first-order chi connectivity index (χ1) is 20.3. The van der Waals surface area contributed by atoms with E-state index in [1.54, 1.807) is 0 Å². The van der Waals surface area contributed by atoms with Gasteiger partial charge in [-0.1, -0.05) is 106 Å². The van der Waals surface area contributed by atoms with Crippen LogP contribution in [0.4, 0.5) is 5.69 Å². The van der Waals surface area contributed by atoms with E-state index in [1.807, 2.05) is 62.4 Å². The Kier molecular flexibility index (Phi) is 12.6. The summed E-state index contributed by atoms with van der Waals surface area (Å²) in [5.41, 5.74) is 13.7. The Morgan fingerprint density at radius 3 is 2.12 bits per heavy atom. The van der Waals surface area contributed by atoms with Gasteiger partial charge in [0.25, 0.3) is 5.91 Å². The van der Waals surface area contributed by atoms with Gasteiger partial charge in [0.1, 0.15) is 0 Å². The van der Waals surface area contributed by atoms with E-state index in [0.29, 0.717) is 12.1 Å². The number of nitrogens with zero attached hydrogens (tertiary/aromatic N) is 1. The lowest BCUT2D eigenvalue weighted by Crippen LogP contribution is -2.22. The summed E-state index contributed by atoms with van der Waals surface area (Å²) < 4.78 is 7.59. The normalized spacial score (nSPS) is 16.4. The molecule has 1 amide bonds. The molecule has 3 aromatic carbocycles. The summed E-state index contributed by atoms with van der Waals surface area (Å²) in [6, 6.07) is 28.7. The molecule has 0 aliphatic carbocycles. The summed E-state index contributed by atoms with van der Waals surface area (Å²) in [4.78, 5) is 13.7. The van der Waals surface area contributed by atoms with E-state index in [1.165, 1.54) is 5.56 Å². The molecular formula is C37H49N3O2. The number of ether oxygens (including phenoxy) is 1. The van der Waals surface area contributed by atoms with Crippen LogP contribution in [0.2, 0.25) is 0 Å². The van der Waals surface area contributed by atoms with E-state index in [2.05, 4.69) is 81.0 Å². The van der Waals surface area contributed by atoms with Gasteiger partial charge in [-0.25, -0.2) is 0 Å². The number of hydrogen-bond acceptors (Lipinski definition) is 3. The summed E-state index contributed by atoms with van der Waals surface area (Å²) >= 11 is 0. The Bertz CT molecular complexity index is 1370. The van der Waals surface area contributed by atoms with Crippen LogP contribution in [0.5, 0.6) is 0 Å². The monoisotopic (exact) mass is 567 g/mol. The molecule has 1 aliphatic rings. The smallest absolute Gasteiger partial charge is 0.258 e. The van der Waals surface area contributed by atoms with Gasteiger partial charge < -0.3 is 20.4 Å². The standard InChI is InChI=1S/C28H28N2O.C7H15NO.C2H6/c1-19(2)26-25(28(31)29-23-13-9-6-10-14-23)24(21-11-7-5-8-12-21)27(30(26)4)22-17-15-20(3)16-18-22;1-6-5-7(8)3-2-4-9-6;1-2/h5-19H,1-4H3,(H,29,31);6-7H,2-5,8H2,1H3;1-2H3. The first kappa shape index (κ1) is 32.8. The molecule has 5 heteroatoms. The number of para-hydroxylation sites is 1. The highest BCUT2D eigenvalue weighted by Crippen LogP contribution is 2.41. The molecule has 5 rings (SSSR count). The zero-order valence-corrected chi connectivity index (χ0v) is 26.5. The number of amides is 1. The van der Waals surface area contributed by atoms with Crippen molar-refractivity contribution < 1.29 is 9.53 Å². The van der Waals surface area contributed by atoms with Crippen molar-refractivity contribution in [2.75, 3.05) is 11.9 Å². The van der Waals surface area contributed by atoms with Gasteiger partial charge in [0, 0.05) is 36.6 Å². The topological polar surface area (TPSA) is 69.3 Å². The number of anilines is 1. The minimum Gasteiger partial charge on any atom is -0.378 e. The zero-order valence-electron chi connectivity index (χ0n) is 26.5. The fourth-order valence-electron chi connectivity index (χ4n) is 5.50. The first-order valence-electron chi connectivity index (χ1n) is 15.3. The van der Waals surface area contributed by atoms with E-state index in [9.17, 15) is 4.79 Å². The minimum atomic E-state index is -0.0808. The molecule has 0 bridgehead atoms. The third-order valence-corrected chi connectivity index (χ3v) is 7.39.